The largest absolute Gasteiger partial charge is 0.452 e. The number of carbonyl (C=O) groups is 2. The second-order valence-electron chi connectivity index (χ2n) is 5.11. The van der Waals surface area contributed by atoms with Gasteiger partial charge in [-0.25, -0.2) is 4.98 Å². The van der Waals surface area contributed by atoms with Crippen LogP contribution in [0.3, 0.4) is 0 Å². The zero-order chi connectivity index (χ0) is 15.8. The van der Waals surface area contributed by atoms with Gasteiger partial charge in [-0.3, -0.25) is 9.59 Å². The maximum absolute atomic E-state index is 12.0. The molecule has 114 valence electrons. The van der Waals surface area contributed by atoms with Crippen molar-refractivity contribution < 1.29 is 14.3 Å². The normalized spacial score (nSPS) is 24.0. The molecule has 5 nitrogen and oxygen atoms in total. The molecule has 1 aliphatic carbocycles. The second kappa shape index (κ2) is 5.63. The zero-order valence-electron chi connectivity index (χ0n) is 11.3. The summed E-state index contributed by atoms with van der Waals surface area (Å²) in [7, 11) is 0. The van der Waals surface area contributed by atoms with E-state index >= 15 is 0 Å². The Morgan fingerprint density at radius 2 is 2.05 bits per heavy atom. The molecule has 0 aromatic carbocycles. The number of pyridine rings is 1. The second-order valence-corrected chi connectivity index (χ2v) is 7.03. The van der Waals surface area contributed by atoms with Crippen molar-refractivity contribution in [3.8, 4) is 0 Å². The van der Waals surface area contributed by atoms with Gasteiger partial charge in [0.25, 0.3) is 5.91 Å². The van der Waals surface area contributed by atoms with Gasteiger partial charge in [-0.2, -0.15) is 0 Å². The van der Waals surface area contributed by atoms with Crippen LogP contribution in [-0.4, -0.2) is 27.3 Å². The highest BCUT2D eigenvalue weighted by Gasteiger charge is 2.69. The van der Waals surface area contributed by atoms with Crippen molar-refractivity contribution in [2.75, 3.05) is 5.32 Å². The number of hydrogen-bond acceptors (Lipinski definition) is 4. The average molecular weight is 352 g/mol. The molecular formula is C13H13Cl3N2O3. The lowest BCUT2D eigenvalue weighted by Gasteiger charge is -2.17. The average Bonchev–Trinajstić information content (AvgIpc) is 2.92. The van der Waals surface area contributed by atoms with E-state index in [-0.39, 0.29) is 0 Å². The highest BCUT2D eigenvalue weighted by atomic mass is 35.5. The first kappa shape index (κ1) is 16.3. The van der Waals surface area contributed by atoms with Gasteiger partial charge < -0.3 is 10.1 Å². The van der Waals surface area contributed by atoms with E-state index in [4.69, 9.17) is 39.5 Å². The molecule has 1 aliphatic rings. The first-order chi connectivity index (χ1) is 9.65. The molecule has 0 spiro atoms. The SMILES string of the molecule is C[C@@H](OC(=O)[C@]1(C)CC1(Cl)Cl)C(=O)Nc1ccc(Cl)cn1. The fourth-order valence-electron chi connectivity index (χ4n) is 1.64. The zero-order valence-corrected chi connectivity index (χ0v) is 13.6. The number of ether oxygens (including phenoxy) is 1. The Bertz CT molecular complexity index is 577. The molecule has 1 amide bonds. The van der Waals surface area contributed by atoms with E-state index in [0.717, 1.165) is 0 Å². The number of nitrogens with one attached hydrogen (secondary N) is 1. The lowest BCUT2D eigenvalue weighted by molar-refractivity contribution is -0.158. The number of halogens is 3. The summed E-state index contributed by atoms with van der Waals surface area (Å²) in [6.45, 7) is 3.06. The molecule has 0 saturated heterocycles. The van der Waals surface area contributed by atoms with E-state index in [1.807, 2.05) is 0 Å². The Morgan fingerprint density at radius 1 is 1.43 bits per heavy atom. The summed E-state index contributed by atoms with van der Waals surface area (Å²) in [6.07, 6.45) is 0.709. The van der Waals surface area contributed by atoms with Gasteiger partial charge in [0.2, 0.25) is 0 Å². The van der Waals surface area contributed by atoms with E-state index in [9.17, 15) is 9.59 Å². The van der Waals surface area contributed by atoms with E-state index < -0.39 is 27.7 Å². The highest BCUT2D eigenvalue weighted by Crippen LogP contribution is 2.64. The number of aromatic nitrogens is 1. The molecule has 1 N–H and O–H groups in total. The monoisotopic (exact) mass is 350 g/mol. The van der Waals surface area contributed by atoms with Crippen LogP contribution < -0.4 is 5.32 Å². The Hall–Kier alpha value is -1.04. The lowest BCUT2D eigenvalue weighted by Crippen LogP contribution is -2.33. The molecule has 2 atom stereocenters. The van der Waals surface area contributed by atoms with Crippen molar-refractivity contribution in [1.29, 1.82) is 0 Å². The number of esters is 1. The van der Waals surface area contributed by atoms with Crippen molar-refractivity contribution in [3.05, 3.63) is 23.4 Å². The standard InChI is InChI=1S/C13H13Cl3N2O3/c1-7(21-11(20)12(2)6-13(12,15)16)10(19)18-9-4-3-8(14)5-17-9/h3-5,7H,6H2,1-2H3,(H,17,18,19)/t7-,12+/m1/s1. The summed E-state index contributed by atoms with van der Waals surface area (Å²) >= 11 is 17.5. The van der Waals surface area contributed by atoms with Crippen LogP contribution in [0.15, 0.2) is 18.3 Å². The van der Waals surface area contributed by atoms with E-state index in [1.165, 1.54) is 13.1 Å². The van der Waals surface area contributed by atoms with Gasteiger partial charge in [0, 0.05) is 12.6 Å². The fourth-order valence-corrected chi connectivity index (χ4v) is 2.44. The van der Waals surface area contributed by atoms with Crippen LogP contribution in [-0.2, 0) is 14.3 Å². The van der Waals surface area contributed by atoms with Crippen molar-refractivity contribution in [2.45, 2.75) is 30.7 Å². The number of rotatable bonds is 4. The third-order valence-corrected chi connectivity index (χ3v) is 4.67. The van der Waals surface area contributed by atoms with Crippen molar-refractivity contribution in [1.82, 2.24) is 4.98 Å². The molecule has 0 bridgehead atoms. The molecule has 1 aromatic heterocycles. The number of amides is 1. The van der Waals surface area contributed by atoms with Gasteiger partial charge in [0.15, 0.2) is 6.10 Å². The molecule has 0 unspecified atom stereocenters. The predicted molar refractivity (Wildman–Crippen MR) is 80.6 cm³/mol. The maximum atomic E-state index is 12.0. The molecule has 1 aromatic rings. The molecule has 0 aliphatic heterocycles. The summed E-state index contributed by atoms with van der Waals surface area (Å²) in [6, 6.07) is 3.13. The van der Waals surface area contributed by atoms with E-state index in [0.29, 0.717) is 17.3 Å². The van der Waals surface area contributed by atoms with Crippen LogP contribution in [0, 0.1) is 5.41 Å². The van der Waals surface area contributed by atoms with E-state index in [2.05, 4.69) is 10.3 Å². The number of anilines is 1. The van der Waals surface area contributed by atoms with Crippen LogP contribution in [0.25, 0.3) is 0 Å². The fraction of sp³-hybridized carbons (Fsp3) is 0.462. The molecular weight excluding hydrogens is 339 g/mol. The van der Waals surface area contributed by atoms with Gasteiger partial charge in [0.1, 0.15) is 15.6 Å². The number of nitrogens with zero attached hydrogens (tertiary/aromatic N) is 1. The minimum absolute atomic E-state index is 0.301. The van der Waals surface area contributed by atoms with Crippen LogP contribution >= 0.6 is 34.8 Å². The minimum Gasteiger partial charge on any atom is -0.452 e. The number of alkyl halides is 2. The van der Waals surface area contributed by atoms with Crippen molar-refractivity contribution >= 4 is 52.5 Å². The summed E-state index contributed by atoms with van der Waals surface area (Å²) in [5.74, 6) is -0.787. The molecule has 8 heteroatoms. The van der Waals surface area contributed by atoms with Gasteiger partial charge in [-0.15, -0.1) is 23.2 Å². The third-order valence-electron chi connectivity index (χ3n) is 3.34. The van der Waals surface area contributed by atoms with Gasteiger partial charge >= 0.3 is 5.97 Å². The Morgan fingerprint density at radius 3 is 2.52 bits per heavy atom. The predicted octanol–water partition coefficient (Wildman–Crippen LogP) is 3.19. The maximum Gasteiger partial charge on any atom is 0.315 e. The molecule has 0 radical (unpaired) electrons. The van der Waals surface area contributed by atoms with Crippen LogP contribution in [0.4, 0.5) is 5.82 Å². The van der Waals surface area contributed by atoms with Gasteiger partial charge in [0.05, 0.1) is 5.02 Å². The van der Waals surface area contributed by atoms with Crippen molar-refractivity contribution in [3.63, 3.8) is 0 Å². The van der Waals surface area contributed by atoms with E-state index in [1.54, 1.807) is 19.1 Å². The molecule has 1 saturated carbocycles. The summed E-state index contributed by atoms with van der Waals surface area (Å²) in [5.41, 5.74) is -0.969. The summed E-state index contributed by atoms with van der Waals surface area (Å²) in [4.78, 5) is 27.8. The van der Waals surface area contributed by atoms with Gasteiger partial charge in [-0.1, -0.05) is 11.6 Å². The molecule has 1 heterocycles. The van der Waals surface area contributed by atoms with Crippen LogP contribution in [0.1, 0.15) is 20.3 Å². The summed E-state index contributed by atoms with van der Waals surface area (Å²) < 4.78 is 3.97. The first-order valence-electron chi connectivity index (χ1n) is 6.17. The first-order valence-corrected chi connectivity index (χ1v) is 7.30. The Kier molecular flexibility index (Phi) is 4.38. The smallest absolute Gasteiger partial charge is 0.315 e. The Balaban J connectivity index is 1.91. The number of carbonyl (C=O) groups excluding carboxylic acids is 2. The molecule has 1 fully saturated rings. The highest BCUT2D eigenvalue weighted by molar-refractivity contribution is 6.53. The third kappa shape index (κ3) is 3.42. The van der Waals surface area contributed by atoms with Crippen molar-refractivity contribution in [2.24, 2.45) is 5.41 Å². The topological polar surface area (TPSA) is 68.3 Å². The number of hydrogen-bond donors (Lipinski definition) is 1. The van der Waals surface area contributed by atoms with Crippen LogP contribution in [0.5, 0.6) is 0 Å². The quantitative estimate of drug-likeness (QED) is 0.668. The van der Waals surface area contributed by atoms with Gasteiger partial charge in [-0.05, 0) is 26.0 Å². The molecule has 2 rings (SSSR count). The molecule has 21 heavy (non-hydrogen) atoms. The minimum atomic E-state index is -1.13. The van der Waals surface area contributed by atoms with Crippen LogP contribution in [0.2, 0.25) is 5.02 Å². The lowest BCUT2D eigenvalue weighted by atomic mass is 10.1. The Labute approximate surface area is 136 Å². The summed E-state index contributed by atoms with van der Waals surface area (Å²) in [5, 5.41) is 2.97.